The number of nitrogens with one attached hydrogen (secondary N) is 2. The fourth-order valence-corrected chi connectivity index (χ4v) is 3.93. The predicted octanol–water partition coefficient (Wildman–Crippen LogP) is 4.71. The van der Waals surface area contributed by atoms with Gasteiger partial charge in [0.2, 0.25) is 0 Å². The molecule has 2 N–H and O–H groups in total. The van der Waals surface area contributed by atoms with Crippen molar-refractivity contribution in [3.8, 4) is 0 Å². The fraction of sp³-hybridized carbons (Fsp3) is 0.250. The van der Waals surface area contributed by atoms with E-state index < -0.39 is 17.8 Å². The number of benzene rings is 2. The third-order valence-electron chi connectivity index (χ3n) is 4.92. The molecule has 1 saturated heterocycles. The van der Waals surface area contributed by atoms with Crippen LogP contribution in [0.5, 0.6) is 0 Å². The summed E-state index contributed by atoms with van der Waals surface area (Å²) in [6.07, 6.45) is -2.70. The molecular formula is C20H17F3N4OS. The van der Waals surface area contributed by atoms with E-state index in [9.17, 15) is 18.0 Å². The summed E-state index contributed by atoms with van der Waals surface area (Å²) >= 11 is 5.63. The van der Waals surface area contributed by atoms with E-state index in [2.05, 4.69) is 20.5 Å². The Hall–Kier alpha value is -2.94. The number of alkyl halides is 3. The Balaban J connectivity index is 1.54. The minimum Gasteiger partial charge on any atom is -0.352 e. The maximum Gasteiger partial charge on any atom is 0.416 e. The first-order valence-corrected chi connectivity index (χ1v) is 9.47. The van der Waals surface area contributed by atoms with Gasteiger partial charge in [0.1, 0.15) is 10.8 Å². The first-order chi connectivity index (χ1) is 13.8. The quantitative estimate of drug-likeness (QED) is 0.660. The van der Waals surface area contributed by atoms with E-state index in [4.69, 9.17) is 12.2 Å². The first-order valence-electron chi connectivity index (χ1n) is 9.07. The lowest BCUT2D eigenvalue weighted by atomic mass is 10.1. The number of nitrogens with zero attached hydrogens (tertiary/aromatic N) is 2. The number of hydrogen-bond donors (Lipinski definition) is 2. The van der Waals surface area contributed by atoms with Crippen molar-refractivity contribution in [2.75, 3.05) is 11.9 Å². The predicted molar refractivity (Wildman–Crippen MR) is 109 cm³/mol. The molecule has 2 aromatic rings. The monoisotopic (exact) mass is 418 g/mol. The maximum atomic E-state index is 12.7. The SMILES string of the molecule is O=C(NC1=Nc2ccccc2C(=S)N2CCCC12)Nc1ccc(C(F)(F)F)cc1. The summed E-state index contributed by atoms with van der Waals surface area (Å²) < 4.78 is 38.0. The summed E-state index contributed by atoms with van der Waals surface area (Å²) in [5.41, 5.74) is 0.998. The number of aliphatic imine (C=N–C) groups is 1. The lowest BCUT2D eigenvalue weighted by Gasteiger charge is -2.26. The molecule has 1 fully saturated rings. The van der Waals surface area contributed by atoms with Crippen molar-refractivity contribution >= 4 is 40.4 Å². The van der Waals surface area contributed by atoms with Crippen molar-refractivity contribution in [1.82, 2.24) is 10.2 Å². The van der Waals surface area contributed by atoms with Gasteiger partial charge >= 0.3 is 12.2 Å². The summed E-state index contributed by atoms with van der Waals surface area (Å²) in [4.78, 5) is 19.9. The first kappa shape index (κ1) is 19.4. The zero-order valence-corrected chi connectivity index (χ0v) is 16.0. The van der Waals surface area contributed by atoms with E-state index in [1.165, 1.54) is 12.1 Å². The minimum absolute atomic E-state index is 0.145. The molecule has 4 rings (SSSR count). The van der Waals surface area contributed by atoms with Crippen LogP contribution in [0.15, 0.2) is 53.5 Å². The molecule has 1 unspecified atom stereocenters. The Labute approximate surface area is 170 Å². The number of para-hydroxylation sites is 1. The topological polar surface area (TPSA) is 56.7 Å². The van der Waals surface area contributed by atoms with E-state index in [1.807, 2.05) is 24.3 Å². The van der Waals surface area contributed by atoms with Crippen molar-refractivity contribution in [3.05, 3.63) is 59.7 Å². The number of anilines is 1. The van der Waals surface area contributed by atoms with Gasteiger partial charge in [-0.05, 0) is 49.2 Å². The number of urea groups is 1. The summed E-state index contributed by atoms with van der Waals surface area (Å²) in [6, 6.07) is 11.0. The second-order valence-electron chi connectivity index (χ2n) is 6.82. The maximum absolute atomic E-state index is 12.7. The van der Waals surface area contributed by atoms with Gasteiger partial charge in [-0.25, -0.2) is 9.79 Å². The van der Waals surface area contributed by atoms with E-state index in [-0.39, 0.29) is 11.7 Å². The van der Waals surface area contributed by atoms with Gasteiger partial charge in [-0.2, -0.15) is 13.2 Å². The normalized spacial score (nSPS) is 18.4. The van der Waals surface area contributed by atoms with Crippen molar-refractivity contribution < 1.29 is 18.0 Å². The van der Waals surface area contributed by atoms with Gasteiger partial charge in [0.05, 0.1) is 17.3 Å². The van der Waals surface area contributed by atoms with Crippen LogP contribution in [0.3, 0.4) is 0 Å². The smallest absolute Gasteiger partial charge is 0.352 e. The average molecular weight is 418 g/mol. The van der Waals surface area contributed by atoms with Gasteiger partial charge < -0.3 is 10.2 Å². The lowest BCUT2D eigenvalue weighted by Crippen LogP contribution is -2.47. The van der Waals surface area contributed by atoms with Gasteiger partial charge in [0.15, 0.2) is 0 Å². The molecule has 5 nitrogen and oxygen atoms in total. The summed E-state index contributed by atoms with van der Waals surface area (Å²) in [5.74, 6) is 0.471. The number of fused-ring (bicyclic) bond motifs is 2. The van der Waals surface area contributed by atoms with Crippen molar-refractivity contribution in [2.45, 2.75) is 25.1 Å². The van der Waals surface area contributed by atoms with Gasteiger partial charge in [-0.3, -0.25) is 5.32 Å². The van der Waals surface area contributed by atoms with Crippen LogP contribution in [0.2, 0.25) is 0 Å². The van der Waals surface area contributed by atoms with Crippen LogP contribution >= 0.6 is 12.2 Å². The van der Waals surface area contributed by atoms with Crippen molar-refractivity contribution in [1.29, 1.82) is 0 Å². The van der Waals surface area contributed by atoms with Gasteiger partial charge in [-0.1, -0.05) is 24.4 Å². The third kappa shape index (κ3) is 3.95. The van der Waals surface area contributed by atoms with Crippen LogP contribution in [0.1, 0.15) is 24.0 Å². The Morgan fingerprint density at radius 3 is 2.55 bits per heavy atom. The fourth-order valence-electron chi connectivity index (χ4n) is 3.54. The number of hydrogen-bond acceptors (Lipinski definition) is 3. The standard InChI is InChI=1S/C20H17F3N4OS/c21-20(22,23)12-7-9-13(10-8-12)24-19(28)26-17-16-6-3-11-27(16)18(29)14-4-1-2-5-15(14)25-17/h1-2,4-5,7-10,16H,3,6,11H2,(H2,24,25,26,28). The molecule has 0 aliphatic carbocycles. The zero-order valence-electron chi connectivity index (χ0n) is 15.2. The molecule has 0 spiro atoms. The molecule has 150 valence electrons. The summed E-state index contributed by atoms with van der Waals surface area (Å²) in [6.45, 7) is 0.777. The highest BCUT2D eigenvalue weighted by Gasteiger charge is 2.35. The Bertz CT molecular complexity index is 988. The van der Waals surface area contributed by atoms with Crippen LogP contribution < -0.4 is 10.6 Å². The number of rotatable bonds is 1. The summed E-state index contributed by atoms with van der Waals surface area (Å²) in [7, 11) is 0. The van der Waals surface area contributed by atoms with E-state index in [1.54, 1.807) is 0 Å². The molecule has 2 heterocycles. The molecule has 2 aliphatic heterocycles. The van der Waals surface area contributed by atoms with Crippen LogP contribution in [0.4, 0.5) is 29.3 Å². The second kappa shape index (κ2) is 7.47. The molecule has 29 heavy (non-hydrogen) atoms. The highest BCUT2D eigenvalue weighted by molar-refractivity contribution is 7.80. The average Bonchev–Trinajstić information content (AvgIpc) is 3.13. The van der Waals surface area contributed by atoms with Crippen molar-refractivity contribution in [2.24, 2.45) is 4.99 Å². The molecule has 2 aliphatic rings. The van der Waals surface area contributed by atoms with Crippen LogP contribution in [-0.2, 0) is 6.18 Å². The van der Waals surface area contributed by atoms with Crippen LogP contribution in [0.25, 0.3) is 0 Å². The van der Waals surface area contributed by atoms with Gasteiger partial charge in [0.25, 0.3) is 0 Å². The number of thiocarbonyl (C=S) groups is 1. The Kier molecular flexibility index (Phi) is 4.99. The highest BCUT2D eigenvalue weighted by atomic mass is 32.1. The molecule has 2 aromatic carbocycles. The third-order valence-corrected chi connectivity index (χ3v) is 5.37. The number of carbonyl (C=O) groups excluding carboxylic acids is 1. The minimum atomic E-state index is -4.42. The van der Waals surface area contributed by atoms with Gasteiger partial charge in [0, 0.05) is 17.8 Å². The van der Waals surface area contributed by atoms with Crippen LogP contribution in [0, 0.1) is 0 Å². The molecule has 9 heteroatoms. The zero-order chi connectivity index (χ0) is 20.6. The number of halogens is 3. The summed E-state index contributed by atoms with van der Waals surface area (Å²) in [5, 5.41) is 5.32. The van der Waals surface area contributed by atoms with Gasteiger partial charge in [-0.15, -0.1) is 0 Å². The molecule has 2 amide bonds. The highest BCUT2D eigenvalue weighted by Crippen LogP contribution is 2.31. The number of amides is 2. The van der Waals surface area contributed by atoms with Crippen molar-refractivity contribution in [3.63, 3.8) is 0 Å². The molecule has 0 saturated carbocycles. The molecule has 1 atom stereocenters. The molecule has 0 radical (unpaired) electrons. The van der Waals surface area contributed by atoms with E-state index in [0.29, 0.717) is 16.5 Å². The Morgan fingerprint density at radius 2 is 1.83 bits per heavy atom. The van der Waals surface area contributed by atoms with E-state index in [0.717, 1.165) is 37.1 Å². The van der Waals surface area contributed by atoms with E-state index >= 15 is 0 Å². The second-order valence-corrected chi connectivity index (χ2v) is 7.21. The number of carbonyl (C=O) groups is 1. The number of amidine groups is 1. The molecule has 0 bridgehead atoms. The molecule has 0 aromatic heterocycles. The lowest BCUT2D eigenvalue weighted by molar-refractivity contribution is -0.137. The largest absolute Gasteiger partial charge is 0.416 e. The Morgan fingerprint density at radius 1 is 1.10 bits per heavy atom. The van der Waals surface area contributed by atoms with Crippen LogP contribution in [-0.4, -0.2) is 34.3 Å². The molecular weight excluding hydrogens is 401 g/mol.